The molecule has 0 spiro atoms. The van der Waals surface area contributed by atoms with Crippen molar-refractivity contribution in [3.05, 3.63) is 35.7 Å². The first kappa shape index (κ1) is 20.6. The summed E-state index contributed by atoms with van der Waals surface area (Å²) in [5.41, 5.74) is 0.0957. The molecule has 2 rings (SSSR count). The molecule has 1 aromatic rings. The van der Waals surface area contributed by atoms with Crippen molar-refractivity contribution in [3.8, 4) is 5.75 Å². The third-order valence-electron chi connectivity index (χ3n) is 3.08. The number of rotatable bonds is 5. The molecule has 1 unspecified atom stereocenters. The van der Waals surface area contributed by atoms with E-state index in [1.54, 1.807) is 6.92 Å². The van der Waals surface area contributed by atoms with Gasteiger partial charge in [0, 0.05) is 32.7 Å². The van der Waals surface area contributed by atoms with Gasteiger partial charge in [-0.05, 0) is 19.1 Å². The second-order valence-corrected chi connectivity index (χ2v) is 5.72. The van der Waals surface area contributed by atoms with Crippen molar-refractivity contribution in [3.63, 3.8) is 0 Å². The second kappa shape index (κ2) is 9.18. The Bertz CT molecular complexity index is 598. The van der Waals surface area contributed by atoms with Gasteiger partial charge >= 0.3 is 0 Å². The molecule has 1 atom stereocenters. The fourth-order valence-corrected chi connectivity index (χ4v) is 2.56. The second-order valence-electron chi connectivity index (χ2n) is 4.61. The molecule has 1 heterocycles. The molecule has 1 radical (unpaired) electrons. The van der Waals surface area contributed by atoms with Crippen LogP contribution in [0.5, 0.6) is 5.75 Å². The number of amides is 1. The number of alkyl halides is 3. The van der Waals surface area contributed by atoms with Crippen molar-refractivity contribution >= 4 is 27.5 Å². The van der Waals surface area contributed by atoms with E-state index >= 15 is 0 Å². The third kappa shape index (κ3) is 5.04. The van der Waals surface area contributed by atoms with Crippen LogP contribution >= 0.6 is 15.9 Å². The first-order chi connectivity index (χ1) is 10.4. The number of nitrogens with zero attached hydrogens (tertiary/aromatic N) is 1. The standard InChI is InChI=1S/C15H14BrF3NO2.Y/c1-2-22-9-3-4-10(12(17)7-9)13-6-5-11(16)15(21)20(13)8-14(18)19;/h3-4,7,11,14H,2,5,8H2,1H3;/q-1;. The van der Waals surface area contributed by atoms with Gasteiger partial charge in [0.1, 0.15) is 5.75 Å². The Kier molecular flexibility index (Phi) is 8.24. The summed E-state index contributed by atoms with van der Waals surface area (Å²) in [6.07, 6.45) is 0.301. The van der Waals surface area contributed by atoms with Crippen LogP contribution in [0.15, 0.2) is 18.2 Å². The predicted molar refractivity (Wildman–Crippen MR) is 79.3 cm³/mol. The van der Waals surface area contributed by atoms with E-state index in [1.165, 1.54) is 18.2 Å². The van der Waals surface area contributed by atoms with Gasteiger partial charge in [-0.2, -0.15) is 0 Å². The Morgan fingerprint density at radius 3 is 2.74 bits per heavy atom. The minimum Gasteiger partial charge on any atom is -0.494 e. The molecule has 1 amide bonds. The molecule has 8 heteroatoms. The molecule has 123 valence electrons. The minimum absolute atomic E-state index is 0. The molecule has 0 saturated carbocycles. The number of carbonyl (C=O) groups excluding carboxylic acids is 1. The number of halogens is 4. The van der Waals surface area contributed by atoms with Crippen molar-refractivity contribution < 1.29 is 55.4 Å². The minimum atomic E-state index is -2.72. The molecule has 0 aliphatic carbocycles. The SMILES string of the molecule is CCOc1ccc(C2=[C-]CC(Br)C(=O)N2CC(F)F)c(F)c1.[Y]. The maximum atomic E-state index is 14.2. The van der Waals surface area contributed by atoms with Crippen LogP contribution in [0.4, 0.5) is 13.2 Å². The summed E-state index contributed by atoms with van der Waals surface area (Å²) in [4.78, 5) is 12.3. The smallest absolute Gasteiger partial charge is 0.256 e. The van der Waals surface area contributed by atoms with Gasteiger partial charge in [-0.3, -0.25) is 4.79 Å². The van der Waals surface area contributed by atoms with Crippen molar-refractivity contribution in [1.82, 2.24) is 4.90 Å². The normalized spacial score (nSPS) is 17.8. The average Bonchev–Trinajstić information content (AvgIpc) is 2.45. The fraction of sp³-hybridized carbons (Fsp3) is 0.400. The number of carbonyl (C=O) groups is 1. The Hall–Kier alpha value is -0.396. The maximum Gasteiger partial charge on any atom is 0.256 e. The first-order valence-electron chi connectivity index (χ1n) is 6.71. The van der Waals surface area contributed by atoms with Crippen LogP contribution in [0.1, 0.15) is 18.9 Å². The van der Waals surface area contributed by atoms with E-state index in [0.717, 1.165) is 4.90 Å². The largest absolute Gasteiger partial charge is 0.494 e. The molecule has 0 saturated heterocycles. The average molecular weight is 466 g/mol. The van der Waals surface area contributed by atoms with Gasteiger partial charge in [-0.15, -0.1) is 17.3 Å². The zero-order valence-electron chi connectivity index (χ0n) is 12.4. The van der Waals surface area contributed by atoms with E-state index < -0.39 is 29.5 Å². The van der Waals surface area contributed by atoms with E-state index in [1.807, 2.05) is 0 Å². The zero-order valence-corrected chi connectivity index (χ0v) is 16.8. The van der Waals surface area contributed by atoms with Gasteiger partial charge in [0.2, 0.25) is 5.91 Å². The summed E-state index contributed by atoms with van der Waals surface area (Å²) in [6, 6.07) is 4.10. The van der Waals surface area contributed by atoms with Gasteiger partial charge < -0.3 is 9.64 Å². The summed E-state index contributed by atoms with van der Waals surface area (Å²) >= 11 is 3.11. The summed E-state index contributed by atoms with van der Waals surface area (Å²) in [7, 11) is 0. The van der Waals surface area contributed by atoms with Crippen LogP contribution in [0.2, 0.25) is 0 Å². The van der Waals surface area contributed by atoms with E-state index in [2.05, 4.69) is 22.0 Å². The molecular formula is C15H14BrF3NO2Y-. The third-order valence-corrected chi connectivity index (χ3v) is 3.80. The molecule has 0 aromatic heterocycles. The van der Waals surface area contributed by atoms with Crippen molar-refractivity contribution in [2.24, 2.45) is 0 Å². The maximum absolute atomic E-state index is 14.2. The molecule has 1 aliphatic rings. The molecule has 1 aromatic carbocycles. The van der Waals surface area contributed by atoms with Gasteiger partial charge in [0.05, 0.1) is 23.8 Å². The molecule has 23 heavy (non-hydrogen) atoms. The van der Waals surface area contributed by atoms with Crippen LogP contribution in [0, 0.1) is 11.9 Å². The number of benzene rings is 1. The van der Waals surface area contributed by atoms with Crippen LogP contribution in [0.3, 0.4) is 0 Å². The van der Waals surface area contributed by atoms with Crippen molar-refractivity contribution in [2.75, 3.05) is 13.2 Å². The van der Waals surface area contributed by atoms with Crippen LogP contribution in [-0.4, -0.2) is 35.2 Å². The quantitative estimate of drug-likeness (QED) is 0.491. The van der Waals surface area contributed by atoms with Crippen molar-refractivity contribution in [2.45, 2.75) is 24.6 Å². The molecule has 0 N–H and O–H groups in total. The summed E-state index contributed by atoms with van der Waals surface area (Å²) in [5, 5.41) is 0. The Labute approximate surface area is 166 Å². The Morgan fingerprint density at radius 2 is 2.17 bits per heavy atom. The van der Waals surface area contributed by atoms with E-state index in [0.29, 0.717) is 12.4 Å². The topological polar surface area (TPSA) is 29.5 Å². The number of allylic oxidation sites excluding steroid dienone is 1. The van der Waals surface area contributed by atoms with Gasteiger partial charge in [0.15, 0.2) is 0 Å². The number of hydrogen-bond donors (Lipinski definition) is 0. The summed E-state index contributed by atoms with van der Waals surface area (Å²) < 4.78 is 44.8. The first-order valence-corrected chi connectivity index (χ1v) is 7.62. The zero-order chi connectivity index (χ0) is 16.3. The van der Waals surface area contributed by atoms with E-state index in [9.17, 15) is 18.0 Å². The van der Waals surface area contributed by atoms with Gasteiger partial charge in [-0.25, -0.2) is 19.2 Å². The summed E-state index contributed by atoms with van der Waals surface area (Å²) in [5.74, 6) is -0.832. The van der Waals surface area contributed by atoms with Gasteiger partial charge in [-0.1, -0.05) is 22.4 Å². The van der Waals surface area contributed by atoms with E-state index in [4.69, 9.17) is 4.74 Å². The van der Waals surface area contributed by atoms with Crippen LogP contribution in [0.25, 0.3) is 5.70 Å². The van der Waals surface area contributed by atoms with Crippen molar-refractivity contribution in [1.29, 1.82) is 0 Å². The number of hydrogen-bond acceptors (Lipinski definition) is 2. The van der Waals surface area contributed by atoms with Crippen LogP contribution < -0.4 is 4.74 Å². The Morgan fingerprint density at radius 1 is 1.48 bits per heavy atom. The monoisotopic (exact) mass is 465 g/mol. The molecule has 1 aliphatic heterocycles. The Balaban J connectivity index is 0.00000264. The number of ether oxygens (including phenoxy) is 1. The molecule has 3 nitrogen and oxygen atoms in total. The fourth-order valence-electron chi connectivity index (χ4n) is 2.15. The molecular weight excluding hydrogens is 452 g/mol. The summed E-state index contributed by atoms with van der Waals surface area (Å²) in [6.45, 7) is 1.35. The van der Waals surface area contributed by atoms with Gasteiger partial charge in [0.25, 0.3) is 6.43 Å². The molecule has 0 fully saturated rings. The van der Waals surface area contributed by atoms with Crippen LogP contribution in [-0.2, 0) is 37.5 Å². The van der Waals surface area contributed by atoms with E-state index in [-0.39, 0.29) is 50.4 Å². The predicted octanol–water partition coefficient (Wildman–Crippen LogP) is 3.63. The molecule has 0 bridgehead atoms.